The number of hydrogen-bond acceptors (Lipinski definition) is 7. The Hall–Kier alpha value is -4.21. The fourth-order valence-electron chi connectivity index (χ4n) is 2.37. The van der Waals surface area contributed by atoms with Crippen molar-refractivity contribution in [2.75, 3.05) is 13.2 Å². The number of nitro benzene ring substituents is 1. The number of amides is 1. The normalized spacial score (nSPS) is 11.8. The molecule has 0 aliphatic rings. The highest BCUT2D eigenvalue weighted by molar-refractivity contribution is 6.09. The predicted molar refractivity (Wildman–Crippen MR) is 98.3 cm³/mol. The van der Waals surface area contributed by atoms with E-state index in [2.05, 4.69) is 14.8 Å². The molecule has 1 amide bonds. The fourth-order valence-corrected chi connectivity index (χ4v) is 2.37. The van der Waals surface area contributed by atoms with Gasteiger partial charge in [-0.3, -0.25) is 14.9 Å². The van der Waals surface area contributed by atoms with E-state index < -0.39 is 70.4 Å². The van der Waals surface area contributed by atoms with Crippen LogP contribution in [0.2, 0.25) is 0 Å². The molecule has 0 atom stereocenters. The van der Waals surface area contributed by atoms with Crippen molar-refractivity contribution < 1.29 is 56.2 Å². The van der Waals surface area contributed by atoms with Gasteiger partial charge in [-0.2, -0.15) is 22.0 Å². The van der Waals surface area contributed by atoms with Crippen LogP contribution in [-0.2, 0) is 9.59 Å². The van der Waals surface area contributed by atoms with E-state index in [1.165, 1.54) is 0 Å². The summed E-state index contributed by atoms with van der Waals surface area (Å²) in [6.45, 7) is -2.71. The summed E-state index contributed by atoms with van der Waals surface area (Å²) in [4.78, 5) is 47.9. The molecule has 1 rings (SSSR count). The van der Waals surface area contributed by atoms with Crippen LogP contribution in [0, 0.1) is 10.1 Å². The molecule has 0 saturated carbocycles. The van der Waals surface area contributed by atoms with Gasteiger partial charge >= 0.3 is 29.7 Å². The second-order valence-corrected chi connectivity index (χ2v) is 6.46. The van der Waals surface area contributed by atoms with Gasteiger partial charge in [0.25, 0.3) is 5.91 Å². The first-order chi connectivity index (χ1) is 15.6. The van der Waals surface area contributed by atoms with Gasteiger partial charge in [0.15, 0.2) is 12.4 Å². The Kier molecular flexibility index (Phi) is 8.68. The molecule has 0 aliphatic heterocycles. The first-order valence-electron chi connectivity index (χ1n) is 8.75. The van der Waals surface area contributed by atoms with Crippen LogP contribution in [0.25, 0.3) is 10.4 Å². The SMILES string of the molecule is [N-]=[N+]=NCCCC(NC(=O)c1ccc([N+](=O)[O-])c(OCC(F)(F)C(F)(F)F)c1)(C(=O)O)C(=O)O. The highest BCUT2D eigenvalue weighted by atomic mass is 19.4. The van der Waals surface area contributed by atoms with Crippen LogP contribution in [0.3, 0.4) is 0 Å². The molecule has 0 heterocycles. The lowest BCUT2D eigenvalue weighted by atomic mass is 9.92. The first kappa shape index (κ1) is 27.8. The number of hydrogen-bond donors (Lipinski definition) is 3. The molecule has 18 heteroatoms. The Bertz CT molecular complexity index is 1010. The summed E-state index contributed by atoms with van der Waals surface area (Å²) >= 11 is 0. The third kappa shape index (κ3) is 6.41. The zero-order valence-corrected chi connectivity index (χ0v) is 16.6. The Morgan fingerprint density at radius 1 is 1.18 bits per heavy atom. The number of carboxylic acids is 2. The van der Waals surface area contributed by atoms with Crippen LogP contribution in [-0.4, -0.2) is 63.8 Å². The summed E-state index contributed by atoms with van der Waals surface area (Å²) in [6, 6.07) is 1.53. The van der Waals surface area contributed by atoms with Gasteiger partial charge in [-0.25, -0.2) is 9.59 Å². The average molecular weight is 499 g/mol. The Labute approximate surface area is 184 Å². The van der Waals surface area contributed by atoms with Gasteiger partial charge < -0.3 is 20.3 Å². The lowest BCUT2D eigenvalue weighted by Crippen LogP contribution is -2.60. The van der Waals surface area contributed by atoms with Crippen molar-refractivity contribution in [3.63, 3.8) is 0 Å². The molecular weight excluding hydrogens is 485 g/mol. The molecule has 0 unspecified atom stereocenters. The van der Waals surface area contributed by atoms with E-state index in [1.54, 1.807) is 5.32 Å². The van der Waals surface area contributed by atoms with E-state index in [4.69, 9.17) is 5.53 Å². The average Bonchev–Trinajstić information content (AvgIpc) is 2.72. The number of nitrogens with zero attached hydrogens (tertiary/aromatic N) is 4. The van der Waals surface area contributed by atoms with Crippen molar-refractivity contribution in [3.05, 3.63) is 44.3 Å². The molecule has 3 N–H and O–H groups in total. The molecule has 0 bridgehead atoms. The zero-order chi connectivity index (χ0) is 26.3. The van der Waals surface area contributed by atoms with Gasteiger partial charge in [-0.15, -0.1) is 0 Å². The number of carbonyl (C=O) groups excluding carboxylic acids is 1. The minimum atomic E-state index is -6.05. The summed E-state index contributed by atoms with van der Waals surface area (Å²) in [5.74, 6) is -12.2. The quantitative estimate of drug-likeness (QED) is 0.0568. The fraction of sp³-hybridized carbons (Fsp3) is 0.438. The van der Waals surface area contributed by atoms with Crippen molar-refractivity contribution in [2.24, 2.45) is 5.11 Å². The zero-order valence-electron chi connectivity index (χ0n) is 16.6. The Balaban J connectivity index is 3.30. The monoisotopic (exact) mass is 499 g/mol. The second kappa shape index (κ2) is 10.6. The van der Waals surface area contributed by atoms with Crippen LogP contribution < -0.4 is 10.1 Å². The van der Waals surface area contributed by atoms with Crippen LogP contribution in [0.4, 0.5) is 27.6 Å². The lowest BCUT2D eigenvalue weighted by molar-refractivity contribution is -0.386. The van der Waals surface area contributed by atoms with E-state index >= 15 is 0 Å². The molecule has 0 saturated heterocycles. The predicted octanol–water partition coefficient (Wildman–Crippen LogP) is 2.90. The van der Waals surface area contributed by atoms with Crippen LogP contribution in [0.5, 0.6) is 5.75 Å². The van der Waals surface area contributed by atoms with Crippen LogP contribution >= 0.6 is 0 Å². The first-order valence-corrected chi connectivity index (χ1v) is 8.75. The molecule has 0 aromatic heterocycles. The summed E-state index contributed by atoms with van der Waals surface area (Å²) in [5, 5.41) is 34.5. The van der Waals surface area contributed by atoms with E-state index in [9.17, 15) is 56.7 Å². The number of ether oxygens (including phenoxy) is 1. The van der Waals surface area contributed by atoms with Gasteiger partial charge in [0.2, 0.25) is 5.54 Å². The maximum absolute atomic E-state index is 13.1. The highest BCUT2D eigenvalue weighted by Crippen LogP contribution is 2.37. The Morgan fingerprint density at radius 2 is 1.76 bits per heavy atom. The van der Waals surface area contributed by atoms with E-state index in [0.717, 1.165) is 0 Å². The number of carboxylic acid groups (broad SMARTS) is 2. The molecule has 0 radical (unpaired) electrons. The molecule has 0 spiro atoms. The van der Waals surface area contributed by atoms with Crippen molar-refractivity contribution in [1.29, 1.82) is 0 Å². The summed E-state index contributed by atoms with van der Waals surface area (Å²) in [7, 11) is 0. The number of halogens is 5. The molecule has 0 aliphatic carbocycles. The third-order valence-electron chi connectivity index (χ3n) is 4.17. The minimum absolute atomic E-state index is 0.315. The Morgan fingerprint density at radius 3 is 2.24 bits per heavy atom. The van der Waals surface area contributed by atoms with Gasteiger partial charge in [-0.05, 0) is 24.4 Å². The number of carbonyl (C=O) groups is 3. The van der Waals surface area contributed by atoms with Crippen molar-refractivity contribution in [2.45, 2.75) is 30.5 Å². The second-order valence-electron chi connectivity index (χ2n) is 6.46. The van der Waals surface area contributed by atoms with E-state index in [-0.39, 0.29) is 13.0 Å². The molecular formula is C16H14F5N5O8. The van der Waals surface area contributed by atoms with Gasteiger partial charge in [-0.1, -0.05) is 5.11 Å². The van der Waals surface area contributed by atoms with Crippen LogP contribution in [0.1, 0.15) is 23.2 Å². The number of benzene rings is 1. The molecule has 186 valence electrons. The van der Waals surface area contributed by atoms with Crippen molar-refractivity contribution >= 4 is 23.5 Å². The topological polar surface area (TPSA) is 205 Å². The van der Waals surface area contributed by atoms with Gasteiger partial charge in [0, 0.05) is 29.2 Å². The van der Waals surface area contributed by atoms with Gasteiger partial charge in [0.1, 0.15) is 0 Å². The molecule has 34 heavy (non-hydrogen) atoms. The minimum Gasteiger partial charge on any atom is -0.480 e. The molecule has 13 nitrogen and oxygen atoms in total. The number of alkyl halides is 5. The van der Waals surface area contributed by atoms with Crippen molar-refractivity contribution in [1.82, 2.24) is 5.32 Å². The highest BCUT2D eigenvalue weighted by Gasteiger charge is 2.58. The maximum Gasteiger partial charge on any atom is 0.456 e. The van der Waals surface area contributed by atoms with Gasteiger partial charge in [0.05, 0.1) is 4.92 Å². The number of aliphatic carboxylic acids is 2. The molecule has 1 aromatic rings. The largest absolute Gasteiger partial charge is 0.480 e. The number of nitrogens with one attached hydrogen (secondary N) is 1. The molecule has 1 aromatic carbocycles. The number of rotatable bonds is 12. The summed E-state index contributed by atoms with van der Waals surface area (Å²) < 4.78 is 67.4. The summed E-state index contributed by atoms with van der Waals surface area (Å²) in [5.41, 5.74) is 3.40. The summed E-state index contributed by atoms with van der Waals surface area (Å²) in [6.07, 6.45) is -7.14. The van der Waals surface area contributed by atoms with E-state index in [0.29, 0.717) is 18.2 Å². The maximum atomic E-state index is 13.1. The lowest BCUT2D eigenvalue weighted by Gasteiger charge is -2.26. The van der Waals surface area contributed by atoms with Crippen molar-refractivity contribution in [3.8, 4) is 5.75 Å². The standard InChI is InChI=1S/C16H14F5N5O8/c17-15(18,16(19,20)21)7-34-10-6-8(2-3-9(10)26(32)33)11(27)24-14(12(28)29,13(30)31)4-1-5-23-25-22/h2-3,6H,1,4-5,7H2,(H,24,27)(H,28,29)(H,30,31). The third-order valence-corrected chi connectivity index (χ3v) is 4.17. The number of azide groups is 1. The smallest absolute Gasteiger partial charge is 0.456 e. The van der Waals surface area contributed by atoms with E-state index in [1.807, 2.05) is 0 Å². The van der Waals surface area contributed by atoms with Crippen LogP contribution in [0.15, 0.2) is 23.3 Å². The number of nitro groups is 1. The molecule has 0 fully saturated rings.